The molecule has 1 amide bonds. The topological polar surface area (TPSA) is 201 Å². The number of carbonyl (C=O) groups is 5. The number of cyclic esters (lactones) is 1. The first-order chi connectivity index (χ1) is 30.7. The van der Waals surface area contributed by atoms with Crippen LogP contribution in [0.3, 0.4) is 0 Å². The van der Waals surface area contributed by atoms with Crippen molar-refractivity contribution in [1.82, 2.24) is 4.90 Å². The minimum Gasteiger partial charge on any atom is -0.460 e. The van der Waals surface area contributed by atoms with E-state index in [2.05, 4.69) is 0 Å². The molecule has 0 aromatic heterocycles. The first kappa shape index (κ1) is 54.2. The molecule has 65 heavy (non-hydrogen) atoms. The average Bonchev–Trinajstić information content (AvgIpc) is 3.28. The summed E-state index contributed by atoms with van der Waals surface area (Å²) in [6, 6.07) is -1.12. The molecule has 2 saturated heterocycles. The van der Waals surface area contributed by atoms with Crippen LogP contribution in [0.4, 0.5) is 0 Å². The molecule has 14 heteroatoms. The Morgan fingerprint density at radius 2 is 1.58 bits per heavy atom. The molecule has 0 radical (unpaired) electrons. The maximum atomic E-state index is 14.4. The third-order valence-electron chi connectivity index (χ3n) is 14.6. The lowest BCUT2D eigenvalue weighted by Crippen LogP contribution is -2.61. The zero-order valence-electron chi connectivity index (χ0n) is 40.7. The van der Waals surface area contributed by atoms with E-state index in [9.17, 15) is 29.1 Å². The summed E-state index contributed by atoms with van der Waals surface area (Å²) in [4.78, 5) is 71.9. The zero-order chi connectivity index (χ0) is 48.2. The molecule has 15 atom stereocenters. The summed E-state index contributed by atoms with van der Waals surface area (Å²) in [7, 11) is 4.61. The Morgan fingerprint density at radius 1 is 0.862 bits per heavy atom. The largest absolute Gasteiger partial charge is 0.460 e. The molecule has 0 spiro atoms. The van der Waals surface area contributed by atoms with E-state index in [0.29, 0.717) is 63.4 Å². The number of ether oxygens (including phenoxy) is 5. The molecule has 366 valence electrons. The summed E-state index contributed by atoms with van der Waals surface area (Å²) < 4.78 is 29.5. The van der Waals surface area contributed by atoms with E-state index >= 15 is 0 Å². The molecule has 14 nitrogen and oxygen atoms in total. The van der Waals surface area contributed by atoms with Crippen LogP contribution < -0.4 is 0 Å². The van der Waals surface area contributed by atoms with E-state index in [4.69, 9.17) is 33.9 Å². The summed E-state index contributed by atoms with van der Waals surface area (Å²) in [5, 5.41) is 29.4. The van der Waals surface area contributed by atoms with Crippen LogP contribution >= 0.6 is 0 Å². The van der Waals surface area contributed by atoms with Crippen molar-refractivity contribution < 1.29 is 63.0 Å². The molecule has 2 bridgehead atoms. The van der Waals surface area contributed by atoms with Gasteiger partial charge in [0, 0.05) is 70.5 Å². The van der Waals surface area contributed by atoms with Crippen LogP contribution in [0.5, 0.6) is 0 Å². The summed E-state index contributed by atoms with van der Waals surface area (Å²) >= 11 is 0. The van der Waals surface area contributed by atoms with Gasteiger partial charge >= 0.3 is 5.97 Å². The first-order valence-electron chi connectivity index (χ1n) is 24.0. The summed E-state index contributed by atoms with van der Waals surface area (Å²) in [5.41, 5.74) is 1.39. The Hall–Kier alpha value is -3.37. The predicted octanol–water partition coefficient (Wildman–Crippen LogP) is 5.65. The fraction of sp³-hybridized carbons (Fsp3) is 0.745. The highest BCUT2D eigenvalue weighted by Crippen LogP contribution is 2.38. The molecular weight excluding hydrogens is 835 g/mol. The van der Waals surface area contributed by atoms with E-state index in [1.54, 1.807) is 41.1 Å². The van der Waals surface area contributed by atoms with E-state index in [0.717, 1.165) is 12.0 Å². The molecule has 0 unspecified atom stereocenters. The van der Waals surface area contributed by atoms with Gasteiger partial charge in [0.05, 0.1) is 12.2 Å². The number of fused-ring (bicyclic) bond motifs is 3. The van der Waals surface area contributed by atoms with Gasteiger partial charge in [-0.15, -0.1) is 0 Å². The molecule has 0 aromatic rings. The number of hydrogen-bond acceptors (Lipinski definition) is 11. The highest BCUT2D eigenvalue weighted by atomic mass is 16.6. The van der Waals surface area contributed by atoms with Gasteiger partial charge < -0.3 is 43.9 Å². The van der Waals surface area contributed by atoms with Crippen molar-refractivity contribution >= 4 is 29.2 Å². The van der Waals surface area contributed by atoms with Crippen molar-refractivity contribution in [3.63, 3.8) is 0 Å². The van der Waals surface area contributed by atoms with Crippen LogP contribution in [-0.2, 0) is 47.7 Å². The van der Waals surface area contributed by atoms with Crippen molar-refractivity contribution in [2.24, 2.45) is 35.5 Å². The SMILES string of the molecule is CO[C@H]1C[C@@H]2CC[C@@H](C)[C@@](O)(O2)C(=O)C(=O)N2CCCC[C@H]2C(=O)O[C@H]([C@H](C)C[C@@H]2CC[C@@H]([OH2+])[C@H](OC)C2)CC(=O)[C@H](C)/C=C(\C)[C@@H]([OH2+])[C@@H](OC)C(=O)[C@H](C)C[C@H](C)/C=C/C=C/C=C/1C. The van der Waals surface area contributed by atoms with Gasteiger partial charge in [-0.05, 0) is 95.0 Å². The number of carbonyl (C=O) groups excluding carboxylic acids is 5. The van der Waals surface area contributed by atoms with E-state index < -0.39 is 77.8 Å². The fourth-order valence-electron chi connectivity index (χ4n) is 10.2. The van der Waals surface area contributed by atoms with Crippen LogP contribution in [0.2, 0.25) is 0 Å². The fourth-order valence-corrected chi connectivity index (χ4v) is 10.2. The predicted molar refractivity (Wildman–Crippen MR) is 248 cm³/mol. The number of nitrogens with zero attached hydrogens (tertiary/aromatic N) is 1. The third kappa shape index (κ3) is 14.3. The van der Waals surface area contributed by atoms with E-state index in [1.807, 2.05) is 58.1 Å². The normalized spacial score (nSPS) is 40.4. The third-order valence-corrected chi connectivity index (χ3v) is 14.6. The quantitative estimate of drug-likeness (QED) is 0.150. The van der Waals surface area contributed by atoms with Gasteiger partial charge in [0.2, 0.25) is 11.9 Å². The van der Waals surface area contributed by atoms with Crippen LogP contribution in [0, 0.1) is 35.5 Å². The summed E-state index contributed by atoms with van der Waals surface area (Å²) in [5.74, 6) is -7.60. The standard InChI is InChI=1S/C51H79NO13/c1-30-16-12-11-13-17-31(2)42(61-8)28-38-21-19-36(7)51(60,65-38)48(57)49(58)52-23-15-14-18-39(52)50(59)64-43(33(4)26-37-20-22-40(53)44(27-37)62-9)29-41(54)32(3)25-35(6)46(56)47(63-10)45(55)34(5)24-30/h11-13,16-17,25,30,32-34,36-40,42-44,46-47,53,56,60H,14-15,18-24,26-29H2,1-10H3/p+2/b13-11+,16-12+,31-17+,35-25+/t30-,32-,33-,34-,36-,37+,38+,39+,40-,42+,43+,44-,46-,47+,51-/m1/s1. The van der Waals surface area contributed by atoms with Crippen molar-refractivity contribution in [2.45, 2.75) is 180 Å². The highest BCUT2D eigenvalue weighted by molar-refractivity contribution is 6.39. The minimum absolute atomic E-state index is 0.0425. The molecule has 1 aliphatic carbocycles. The van der Waals surface area contributed by atoms with Gasteiger partial charge in [0.1, 0.15) is 24.0 Å². The smallest absolute Gasteiger partial charge is 0.329 e. The monoisotopic (exact) mass is 916 g/mol. The lowest BCUT2D eigenvalue weighted by molar-refractivity contribution is -0.265. The maximum absolute atomic E-state index is 14.4. The summed E-state index contributed by atoms with van der Waals surface area (Å²) in [6.45, 7) is 12.9. The number of ketones is 3. The number of rotatable bonds is 6. The Bertz CT molecular complexity index is 1760. The number of aliphatic hydroxyl groups is 1. The molecule has 5 N–H and O–H groups in total. The lowest BCUT2D eigenvalue weighted by Gasteiger charge is -2.42. The Kier molecular flexibility index (Phi) is 21.0. The number of esters is 1. The first-order valence-corrected chi connectivity index (χ1v) is 24.0. The number of hydrogen-bond donors (Lipinski definition) is 1. The number of methoxy groups -OCH3 is 3. The van der Waals surface area contributed by atoms with Crippen LogP contribution in [0.25, 0.3) is 0 Å². The van der Waals surface area contributed by atoms with Gasteiger partial charge in [0.25, 0.3) is 11.7 Å². The number of amides is 1. The van der Waals surface area contributed by atoms with E-state index in [1.165, 1.54) is 12.0 Å². The van der Waals surface area contributed by atoms with Crippen molar-refractivity contribution in [1.29, 1.82) is 0 Å². The Labute approximate surface area is 387 Å². The molecule has 4 rings (SSSR count). The molecule has 4 aliphatic rings. The van der Waals surface area contributed by atoms with E-state index in [-0.39, 0.29) is 60.9 Å². The van der Waals surface area contributed by atoms with Crippen LogP contribution in [-0.4, -0.2) is 132 Å². The van der Waals surface area contributed by atoms with Crippen LogP contribution in [0.1, 0.15) is 126 Å². The highest BCUT2D eigenvalue weighted by Gasteiger charge is 2.53. The van der Waals surface area contributed by atoms with Crippen molar-refractivity contribution in [2.75, 3.05) is 27.9 Å². The number of piperidine rings is 1. The molecular formula is C51H81NO13+2. The average molecular weight is 916 g/mol. The van der Waals surface area contributed by atoms with Crippen molar-refractivity contribution in [3.05, 3.63) is 47.6 Å². The van der Waals surface area contributed by atoms with Gasteiger partial charge in [-0.25, -0.2) is 4.79 Å². The van der Waals surface area contributed by atoms with Crippen LogP contribution in [0.15, 0.2) is 47.6 Å². The maximum Gasteiger partial charge on any atom is 0.329 e. The number of Topliss-reactive ketones (excluding diaryl/α,β-unsaturated/α-hetero) is 3. The second kappa shape index (κ2) is 25.1. The van der Waals surface area contributed by atoms with Crippen molar-refractivity contribution in [3.8, 4) is 0 Å². The van der Waals surface area contributed by atoms with Gasteiger partial charge in [-0.1, -0.05) is 71.1 Å². The zero-order valence-corrected chi connectivity index (χ0v) is 40.7. The second-order valence-electron chi connectivity index (χ2n) is 19.7. The Balaban J connectivity index is 1.70. The summed E-state index contributed by atoms with van der Waals surface area (Å²) in [6.07, 6.45) is 12.5. The van der Waals surface area contributed by atoms with Gasteiger partial charge in [-0.2, -0.15) is 0 Å². The molecule has 3 aliphatic heterocycles. The molecule has 3 fully saturated rings. The second-order valence-corrected chi connectivity index (χ2v) is 19.7. The molecule has 0 aromatic carbocycles. The van der Waals surface area contributed by atoms with Gasteiger partial charge in [-0.3, -0.25) is 19.2 Å². The van der Waals surface area contributed by atoms with Gasteiger partial charge in [0.15, 0.2) is 18.0 Å². The molecule has 1 saturated carbocycles. The lowest BCUT2D eigenvalue weighted by atomic mass is 9.78. The Morgan fingerprint density at radius 3 is 2.26 bits per heavy atom. The molecule has 3 heterocycles. The minimum atomic E-state index is -2.42. The number of allylic oxidation sites excluding steroid dienone is 6.